The Morgan fingerprint density at radius 2 is 1.38 bits per heavy atom. The largest absolute Gasteiger partial charge is 2.00 e. The summed E-state index contributed by atoms with van der Waals surface area (Å²) in [7, 11) is 0. The van der Waals surface area contributed by atoms with Crippen LogP contribution in [0.25, 0.3) is 38.8 Å². The molecule has 0 amide bonds. The van der Waals surface area contributed by atoms with Gasteiger partial charge < -0.3 is 19.2 Å². The number of anilines is 1. The van der Waals surface area contributed by atoms with E-state index in [1.807, 2.05) is 12.3 Å². The van der Waals surface area contributed by atoms with E-state index in [2.05, 4.69) is 186 Å². The normalized spacial score (nSPS) is 19.5. The van der Waals surface area contributed by atoms with Crippen LogP contribution >= 0.6 is 0 Å². The van der Waals surface area contributed by atoms with Gasteiger partial charge in [-0.25, -0.2) is 4.98 Å². The second-order valence-corrected chi connectivity index (χ2v) is 17.9. The second kappa shape index (κ2) is 13.4. The maximum atomic E-state index is 7.06. The van der Waals surface area contributed by atoms with Crippen LogP contribution in [-0.4, -0.2) is 20.9 Å². The molecule has 0 spiro atoms. The van der Waals surface area contributed by atoms with E-state index in [9.17, 15) is 0 Å². The van der Waals surface area contributed by atoms with Crippen LogP contribution in [0.3, 0.4) is 0 Å². The van der Waals surface area contributed by atoms with Crippen molar-refractivity contribution >= 4 is 33.5 Å². The third kappa shape index (κ3) is 5.27. The molecule has 4 heterocycles. The number of pyridine rings is 1. The number of nitrogens with zero attached hydrogens (tertiary/aromatic N) is 4. The minimum atomic E-state index is -0.495. The number of aromatic nitrogens is 2. The fourth-order valence-corrected chi connectivity index (χ4v) is 10.8. The molecule has 1 aliphatic carbocycles. The Morgan fingerprint density at radius 1 is 0.667 bits per heavy atom. The van der Waals surface area contributed by atoms with Gasteiger partial charge in [0, 0.05) is 34.2 Å². The standard InChI is InChI=1S/C54H46N4O.Pt/c1-32-24-34(3)48(35(4)25-32)58-50(56-54(8)43-21-13-12-18-37(43)31-53(54,58)7)39-27-38(36-16-10-9-11-17-36)28-40(29-39)59-47-30-46-45(26-33(47)2)52(5,6)44-22-14-19-41-42-20-15-23-55-51(42)57(46)49(41)44;/h9-28H,31H2,1-8H3;/q-2;+2/t53-,54+;/m0./s1. The third-order valence-corrected chi connectivity index (χ3v) is 13.7. The average Bonchev–Trinajstić information content (AvgIpc) is 3.76. The van der Waals surface area contributed by atoms with Crippen molar-refractivity contribution in [3.8, 4) is 28.3 Å². The maximum absolute atomic E-state index is 7.06. The molecule has 2 aromatic heterocycles. The molecule has 0 saturated heterocycles. The Morgan fingerprint density at radius 3 is 2.17 bits per heavy atom. The summed E-state index contributed by atoms with van der Waals surface area (Å²) in [6.45, 7) is 18.1. The van der Waals surface area contributed by atoms with Gasteiger partial charge in [0.05, 0.1) is 22.4 Å². The van der Waals surface area contributed by atoms with Crippen molar-refractivity contribution in [3.63, 3.8) is 0 Å². The summed E-state index contributed by atoms with van der Waals surface area (Å²) in [5, 5.41) is 2.33. The Kier molecular flexibility index (Phi) is 8.56. The molecule has 60 heavy (non-hydrogen) atoms. The van der Waals surface area contributed by atoms with E-state index in [0.29, 0.717) is 11.5 Å². The van der Waals surface area contributed by atoms with Crippen LogP contribution in [0.4, 0.5) is 5.69 Å². The van der Waals surface area contributed by atoms with Crippen molar-refractivity contribution in [1.29, 1.82) is 0 Å². The Labute approximate surface area is 367 Å². The molecule has 0 fully saturated rings. The van der Waals surface area contributed by atoms with E-state index >= 15 is 0 Å². The number of hydrogen-bond donors (Lipinski definition) is 0. The number of para-hydroxylation sites is 1. The van der Waals surface area contributed by atoms with Crippen LogP contribution in [-0.2, 0) is 38.4 Å². The van der Waals surface area contributed by atoms with Crippen LogP contribution in [0, 0.1) is 39.8 Å². The van der Waals surface area contributed by atoms with Crippen molar-refractivity contribution in [2.24, 2.45) is 4.99 Å². The quantitative estimate of drug-likeness (QED) is 0.161. The van der Waals surface area contributed by atoms with Gasteiger partial charge in [0.2, 0.25) is 0 Å². The fourth-order valence-electron chi connectivity index (χ4n) is 10.8. The number of ether oxygens (including phenoxy) is 1. The molecule has 0 unspecified atom stereocenters. The van der Waals surface area contributed by atoms with Gasteiger partial charge >= 0.3 is 21.1 Å². The van der Waals surface area contributed by atoms with Crippen molar-refractivity contribution in [3.05, 3.63) is 184 Å². The molecule has 0 saturated carbocycles. The van der Waals surface area contributed by atoms with Crippen molar-refractivity contribution in [2.45, 2.75) is 78.3 Å². The fraction of sp³-hybridized carbons (Fsp3) is 0.222. The molecule has 3 aliphatic rings. The Balaban J connectivity index is 0.00000433. The molecular weight excluding hydrogens is 916 g/mol. The number of amidine groups is 1. The van der Waals surface area contributed by atoms with Crippen molar-refractivity contribution in [1.82, 2.24) is 9.55 Å². The molecule has 298 valence electrons. The SMILES string of the molecule is Cc1cc(C)c(N2C(c3[c-]c(Oc4[c-]c5c(cc4C)C(C)(C)c4cccc6c7cccnc7n-5c46)cc(-c4ccccc4)c3)=N[C@]3(C)c4ccccc4C[C@]23C)c(C)c1.[Pt+2]. The number of hydrogen-bond acceptors (Lipinski definition) is 4. The van der Waals surface area contributed by atoms with E-state index < -0.39 is 5.54 Å². The minimum absolute atomic E-state index is 0. The number of aryl methyl sites for hydroxylation is 4. The average molecular weight is 962 g/mol. The maximum Gasteiger partial charge on any atom is 2.00 e. The molecule has 6 aromatic carbocycles. The van der Waals surface area contributed by atoms with Gasteiger partial charge in [0.15, 0.2) is 0 Å². The van der Waals surface area contributed by atoms with Gasteiger partial charge in [0.25, 0.3) is 0 Å². The smallest absolute Gasteiger partial charge is 0.503 e. The van der Waals surface area contributed by atoms with E-state index in [-0.39, 0.29) is 32.0 Å². The molecule has 6 heteroatoms. The number of benzene rings is 6. The third-order valence-electron chi connectivity index (χ3n) is 13.7. The van der Waals surface area contributed by atoms with Gasteiger partial charge in [-0.1, -0.05) is 135 Å². The summed E-state index contributed by atoms with van der Waals surface area (Å²) in [4.78, 5) is 13.3. The Bertz CT molecular complexity index is 3100. The molecule has 0 bridgehead atoms. The minimum Gasteiger partial charge on any atom is -0.503 e. The van der Waals surface area contributed by atoms with Gasteiger partial charge in [0.1, 0.15) is 5.65 Å². The number of rotatable bonds is 5. The first-order valence-corrected chi connectivity index (χ1v) is 20.7. The second-order valence-electron chi connectivity index (χ2n) is 17.9. The van der Waals surface area contributed by atoms with E-state index in [1.165, 1.54) is 55.5 Å². The number of fused-ring (bicyclic) bond motifs is 8. The molecule has 0 N–H and O–H groups in total. The van der Waals surface area contributed by atoms with E-state index in [0.717, 1.165) is 51.2 Å². The van der Waals surface area contributed by atoms with Crippen molar-refractivity contribution in [2.75, 3.05) is 4.90 Å². The molecule has 2 atom stereocenters. The summed E-state index contributed by atoms with van der Waals surface area (Å²) in [5.74, 6) is 2.18. The van der Waals surface area contributed by atoms with Gasteiger partial charge in [-0.3, -0.25) is 0 Å². The first-order valence-electron chi connectivity index (χ1n) is 20.7. The monoisotopic (exact) mass is 961 g/mol. The molecular formula is C54H46N4OPt. The zero-order chi connectivity index (χ0) is 40.6. The Hall–Kier alpha value is -5.77. The van der Waals surface area contributed by atoms with Gasteiger partial charge in [-0.2, -0.15) is 6.07 Å². The predicted octanol–water partition coefficient (Wildman–Crippen LogP) is 12.6. The van der Waals surface area contributed by atoms with Crippen molar-refractivity contribution < 1.29 is 25.8 Å². The topological polar surface area (TPSA) is 42.6 Å². The van der Waals surface area contributed by atoms with Gasteiger partial charge in [-0.15, -0.1) is 28.8 Å². The molecule has 11 rings (SSSR count). The predicted molar refractivity (Wildman–Crippen MR) is 241 cm³/mol. The van der Waals surface area contributed by atoms with Crippen LogP contribution < -0.4 is 9.64 Å². The first kappa shape index (κ1) is 38.4. The molecule has 8 aromatic rings. The molecule has 2 aliphatic heterocycles. The first-order chi connectivity index (χ1) is 28.4. The van der Waals surface area contributed by atoms with Crippen LogP contribution in [0.15, 0.2) is 126 Å². The van der Waals surface area contributed by atoms with Gasteiger partial charge in [-0.05, 0) is 92.0 Å². The zero-order valence-electron chi connectivity index (χ0n) is 35.3. The molecule has 5 nitrogen and oxygen atoms in total. The summed E-state index contributed by atoms with van der Waals surface area (Å²) < 4.78 is 9.35. The van der Waals surface area contributed by atoms with E-state index in [1.54, 1.807) is 0 Å². The number of aliphatic imine (C=N–C) groups is 1. The summed E-state index contributed by atoms with van der Waals surface area (Å²) in [6.07, 6.45) is 2.75. The van der Waals surface area contributed by atoms with Crippen LogP contribution in [0.1, 0.15) is 77.8 Å². The summed E-state index contributed by atoms with van der Waals surface area (Å²) >= 11 is 0. The van der Waals surface area contributed by atoms with Crippen LogP contribution in [0.5, 0.6) is 11.5 Å². The summed E-state index contributed by atoms with van der Waals surface area (Å²) in [6, 6.07) is 49.1. The zero-order valence-corrected chi connectivity index (χ0v) is 37.5. The van der Waals surface area contributed by atoms with Crippen LogP contribution in [0.2, 0.25) is 0 Å². The molecule has 0 radical (unpaired) electrons. The summed E-state index contributed by atoms with van der Waals surface area (Å²) in [5.41, 5.74) is 16.0. The van der Waals surface area contributed by atoms with E-state index in [4.69, 9.17) is 14.7 Å².